The van der Waals surface area contributed by atoms with E-state index in [1.165, 1.54) is 40.4 Å². The Morgan fingerprint density at radius 3 is 1.77 bits per heavy atom. The molecule has 0 unspecified atom stereocenters. The van der Waals surface area contributed by atoms with Gasteiger partial charge in [-0.2, -0.15) is 0 Å². The van der Waals surface area contributed by atoms with Crippen molar-refractivity contribution in [3.05, 3.63) is 33.0 Å². The fourth-order valence-corrected chi connectivity index (χ4v) is 4.38. The maximum Gasteiger partial charge on any atom is 0.344 e. The van der Waals surface area contributed by atoms with Gasteiger partial charge < -0.3 is 47.8 Å². The van der Waals surface area contributed by atoms with Crippen LogP contribution in [0.1, 0.15) is 6.92 Å². The second-order valence-corrected chi connectivity index (χ2v) is 8.10. The lowest BCUT2D eigenvalue weighted by Crippen LogP contribution is -2.58. The molecule has 2 aromatic carbocycles. The van der Waals surface area contributed by atoms with Crippen LogP contribution in [0.4, 0.5) is 0 Å². The first-order valence-corrected chi connectivity index (χ1v) is 10.6. The van der Waals surface area contributed by atoms with Gasteiger partial charge >= 0.3 is 11.3 Å². The summed E-state index contributed by atoms with van der Waals surface area (Å²) in [6, 6.07) is 2.74. The summed E-state index contributed by atoms with van der Waals surface area (Å²) in [5, 5.41) is 31.1. The van der Waals surface area contributed by atoms with Gasteiger partial charge in [0, 0.05) is 10.8 Å². The fourth-order valence-electron chi connectivity index (χ4n) is 4.38. The van der Waals surface area contributed by atoms with E-state index in [1.807, 2.05) is 0 Å². The van der Waals surface area contributed by atoms with Crippen molar-refractivity contribution < 1.29 is 47.8 Å². The molecule has 35 heavy (non-hydrogen) atoms. The van der Waals surface area contributed by atoms with Gasteiger partial charge in [0.15, 0.2) is 22.7 Å². The Labute approximate surface area is 196 Å². The van der Waals surface area contributed by atoms with Crippen molar-refractivity contribution in [2.24, 2.45) is 0 Å². The zero-order chi connectivity index (χ0) is 25.2. The summed E-state index contributed by atoms with van der Waals surface area (Å²) in [4.78, 5) is 26.0. The van der Waals surface area contributed by atoms with Crippen LogP contribution < -0.4 is 30.2 Å². The summed E-state index contributed by atoms with van der Waals surface area (Å²) in [7, 11) is 4.03. The number of aliphatic hydroxyl groups excluding tert-OH is 3. The third kappa shape index (κ3) is 3.29. The van der Waals surface area contributed by atoms with Crippen LogP contribution in [0.25, 0.3) is 32.7 Å². The van der Waals surface area contributed by atoms with E-state index in [4.69, 9.17) is 32.5 Å². The van der Waals surface area contributed by atoms with E-state index in [0.29, 0.717) is 0 Å². The van der Waals surface area contributed by atoms with E-state index in [0.717, 1.165) is 0 Å². The molecule has 2 aromatic heterocycles. The minimum Gasteiger partial charge on any atom is -0.493 e. The predicted molar refractivity (Wildman–Crippen MR) is 120 cm³/mol. The van der Waals surface area contributed by atoms with E-state index >= 15 is 0 Å². The number of rotatable bonds is 5. The molecule has 0 radical (unpaired) electrons. The lowest BCUT2D eigenvalue weighted by molar-refractivity contribution is -0.268. The van der Waals surface area contributed by atoms with E-state index < -0.39 is 42.0 Å². The highest BCUT2D eigenvalue weighted by atomic mass is 16.7. The zero-order valence-electron chi connectivity index (χ0n) is 19.1. The van der Waals surface area contributed by atoms with Crippen LogP contribution in [-0.4, -0.2) is 67.4 Å². The summed E-state index contributed by atoms with van der Waals surface area (Å²) < 4.78 is 38.5. The minimum atomic E-state index is -1.65. The quantitative estimate of drug-likeness (QED) is 0.265. The average Bonchev–Trinajstić information content (AvgIpc) is 2.85. The third-order valence-corrected chi connectivity index (χ3v) is 6.17. The van der Waals surface area contributed by atoms with Gasteiger partial charge in [-0.15, -0.1) is 0 Å². The summed E-state index contributed by atoms with van der Waals surface area (Å²) in [5.74, 6) is 0.0600. The van der Waals surface area contributed by atoms with Crippen molar-refractivity contribution in [1.29, 1.82) is 0 Å². The molecule has 4 aromatic rings. The van der Waals surface area contributed by atoms with E-state index in [1.54, 1.807) is 0 Å². The van der Waals surface area contributed by atoms with Gasteiger partial charge in [-0.3, -0.25) is 0 Å². The largest absolute Gasteiger partial charge is 0.493 e. The van der Waals surface area contributed by atoms with Crippen molar-refractivity contribution >= 4 is 32.7 Å². The van der Waals surface area contributed by atoms with Gasteiger partial charge in [-0.05, 0) is 19.1 Å². The highest BCUT2D eigenvalue weighted by molar-refractivity contribution is 6.22. The van der Waals surface area contributed by atoms with Crippen LogP contribution in [0.3, 0.4) is 0 Å². The summed E-state index contributed by atoms with van der Waals surface area (Å²) in [6.45, 7) is 1.49. The minimum absolute atomic E-state index is 0.0278. The molecule has 5 atom stereocenters. The van der Waals surface area contributed by atoms with Crippen molar-refractivity contribution in [3.63, 3.8) is 0 Å². The van der Waals surface area contributed by atoms with E-state index in [9.17, 15) is 24.9 Å². The number of aliphatic hydroxyl groups is 3. The van der Waals surface area contributed by atoms with E-state index in [-0.39, 0.29) is 55.7 Å². The molecule has 0 aliphatic carbocycles. The van der Waals surface area contributed by atoms with Gasteiger partial charge in [-0.25, -0.2) is 9.59 Å². The van der Waals surface area contributed by atoms with Crippen LogP contribution in [0.2, 0.25) is 0 Å². The van der Waals surface area contributed by atoms with Crippen LogP contribution in [0.5, 0.6) is 23.0 Å². The Morgan fingerprint density at radius 2 is 1.26 bits per heavy atom. The van der Waals surface area contributed by atoms with Gasteiger partial charge in [0.1, 0.15) is 18.3 Å². The fraction of sp³-hybridized carbons (Fsp3) is 0.391. The molecule has 5 rings (SSSR count). The van der Waals surface area contributed by atoms with Crippen molar-refractivity contribution in [1.82, 2.24) is 0 Å². The SMILES string of the molecule is COc1cc2c(=O)oc3c(O[C@@H]4O[C@@H](C)[C@H](O)[C@@H](O)[C@H]4O)c(OC)cc4c(=O)oc(c1OC)c2c34. The second-order valence-electron chi connectivity index (χ2n) is 8.10. The molecule has 1 fully saturated rings. The molecule has 0 amide bonds. The Bertz CT molecular complexity index is 1540. The number of methoxy groups -OCH3 is 3. The first-order chi connectivity index (χ1) is 16.7. The Hall–Kier alpha value is -3.58. The van der Waals surface area contributed by atoms with Crippen molar-refractivity contribution in [3.8, 4) is 23.0 Å². The Morgan fingerprint density at radius 1 is 0.743 bits per heavy atom. The van der Waals surface area contributed by atoms with Gasteiger partial charge in [0.25, 0.3) is 0 Å². The molecule has 1 aliphatic rings. The van der Waals surface area contributed by atoms with Crippen LogP contribution in [0.15, 0.2) is 30.6 Å². The lowest BCUT2D eigenvalue weighted by atomic mass is 9.99. The molecular formula is C23H22O12. The molecule has 3 N–H and O–H groups in total. The number of ether oxygens (including phenoxy) is 5. The Balaban J connectivity index is 1.84. The molecule has 0 bridgehead atoms. The molecule has 3 heterocycles. The molecule has 186 valence electrons. The predicted octanol–water partition coefficient (Wildman–Crippen LogP) is 0.722. The molecule has 12 nitrogen and oxygen atoms in total. The highest BCUT2D eigenvalue weighted by Crippen LogP contribution is 2.46. The first kappa shape index (κ1) is 23.2. The van der Waals surface area contributed by atoms with Crippen LogP contribution >= 0.6 is 0 Å². The third-order valence-electron chi connectivity index (χ3n) is 6.17. The van der Waals surface area contributed by atoms with Gasteiger partial charge in [0.2, 0.25) is 17.8 Å². The molecule has 1 aliphatic heterocycles. The summed E-state index contributed by atoms with van der Waals surface area (Å²) >= 11 is 0. The number of hydrogen-bond donors (Lipinski definition) is 3. The maximum absolute atomic E-state index is 13.0. The number of benzene rings is 2. The van der Waals surface area contributed by atoms with Crippen molar-refractivity contribution in [2.75, 3.05) is 21.3 Å². The molecular weight excluding hydrogens is 468 g/mol. The van der Waals surface area contributed by atoms with Crippen LogP contribution in [-0.2, 0) is 4.74 Å². The van der Waals surface area contributed by atoms with Crippen LogP contribution in [0, 0.1) is 0 Å². The standard InChI is InChI=1S/C23H22O12/c1-7-14(24)15(25)16(26)23(32-7)35-18-11(30-3)6-9-13-12-8(22(28)34-20(13)18)5-10(29-2)17(31-4)19(12)33-21(9)27/h5-7,14-16,23-26H,1-4H3/t7-,14-,15+,16+,23-/m0/s1. The number of hydrogen-bond acceptors (Lipinski definition) is 12. The maximum atomic E-state index is 13.0. The summed E-state index contributed by atoms with van der Waals surface area (Å²) in [6.07, 6.45) is -6.92. The van der Waals surface area contributed by atoms with Gasteiger partial charge in [0.05, 0.1) is 38.2 Å². The lowest BCUT2D eigenvalue weighted by Gasteiger charge is -2.39. The topological polar surface area (TPSA) is 167 Å². The van der Waals surface area contributed by atoms with Crippen molar-refractivity contribution in [2.45, 2.75) is 37.6 Å². The highest BCUT2D eigenvalue weighted by Gasteiger charge is 2.44. The molecule has 0 spiro atoms. The normalized spacial score (nSPS) is 24.8. The van der Waals surface area contributed by atoms with Gasteiger partial charge in [-0.1, -0.05) is 0 Å². The molecule has 0 saturated carbocycles. The Kier molecular flexibility index (Phi) is 5.48. The molecule has 1 saturated heterocycles. The first-order valence-electron chi connectivity index (χ1n) is 10.6. The second kappa shape index (κ2) is 8.27. The average molecular weight is 490 g/mol. The van der Waals surface area contributed by atoms with E-state index in [2.05, 4.69) is 0 Å². The summed E-state index contributed by atoms with van der Waals surface area (Å²) in [5.41, 5.74) is -1.78. The zero-order valence-corrected chi connectivity index (χ0v) is 19.1. The monoisotopic (exact) mass is 490 g/mol. The molecule has 12 heteroatoms. The smallest absolute Gasteiger partial charge is 0.344 e.